The van der Waals surface area contributed by atoms with E-state index in [1.165, 1.54) is 12.8 Å². The Balaban J connectivity index is 1.27. The van der Waals surface area contributed by atoms with Crippen molar-refractivity contribution in [2.45, 2.75) is 38.3 Å². The Hall–Kier alpha value is -2.89. The number of benzene rings is 2. The summed E-state index contributed by atoms with van der Waals surface area (Å²) in [6.45, 7) is 3.54. The normalized spacial score (nSPS) is 17.1. The van der Waals surface area contributed by atoms with Crippen LogP contribution in [0.2, 0.25) is 0 Å². The van der Waals surface area contributed by atoms with Crippen LogP contribution in [0.5, 0.6) is 11.5 Å². The number of urea groups is 1. The van der Waals surface area contributed by atoms with Gasteiger partial charge in [0.25, 0.3) is 0 Å². The summed E-state index contributed by atoms with van der Waals surface area (Å²) >= 11 is 0. The predicted octanol–water partition coefficient (Wildman–Crippen LogP) is 4.05. The van der Waals surface area contributed by atoms with Crippen molar-refractivity contribution in [3.05, 3.63) is 54.1 Å². The highest BCUT2D eigenvalue weighted by atomic mass is 16.5. The molecule has 0 bridgehead atoms. The summed E-state index contributed by atoms with van der Waals surface area (Å²) in [7, 11) is 1.67. The van der Waals surface area contributed by atoms with E-state index in [0.29, 0.717) is 25.7 Å². The Morgan fingerprint density at radius 1 is 1.00 bits per heavy atom. The fraction of sp³-hybridized carbons (Fsp3) is 0.458. The Kier molecular flexibility index (Phi) is 6.62. The van der Waals surface area contributed by atoms with E-state index in [9.17, 15) is 4.79 Å². The van der Waals surface area contributed by atoms with E-state index in [2.05, 4.69) is 22.3 Å². The third-order valence-corrected chi connectivity index (χ3v) is 6.00. The minimum atomic E-state index is -0.0138. The maximum Gasteiger partial charge on any atom is 0.317 e. The van der Waals surface area contributed by atoms with Gasteiger partial charge in [0.1, 0.15) is 11.5 Å². The molecule has 0 radical (unpaired) electrons. The third-order valence-electron chi connectivity index (χ3n) is 6.00. The first-order valence-corrected chi connectivity index (χ1v) is 10.9. The summed E-state index contributed by atoms with van der Waals surface area (Å²) in [6, 6.07) is 16.1. The van der Waals surface area contributed by atoms with Gasteiger partial charge in [-0.3, -0.25) is 0 Å². The van der Waals surface area contributed by atoms with Crippen molar-refractivity contribution >= 4 is 11.7 Å². The lowest BCUT2D eigenvalue weighted by Gasteiger charge is -2.36. The van der Waals surface area contributed by atoms with Gasteiger partial charge in [0, 0.05) is 44.0 Å². The Morgan fingerprint density at radius 3 is 2.40 bits per heavy atom. The molecular weight excluding hydrogens is 378 g/mol. The number of nitrogens with zero attached hydrogens (tertiary/aromatic N) is 2. The number of piperazine rings is 1. The number of nitrogens with one attached hydrogen (secondary N) is 1. The average Bonchev–Trinajstić information content (AvgIpc) is 3.31. The number of amides is 2. The zero-order valence-electron chi connectivity index (χ0n) is 17.7. The number of rotatable bonds is 6. The zero-order valence-corrected chi connectivity index (χ0v) is 17.7. The minimum absolute atomic E-state index is 0.0138. The number of hydrogen-bond acceptors (Lipinski definition) is 4. The summed E-state index contributed by atoms with van der Waals surface area (Å²) in [4.78, 5) is 16.9. The van der Waals surface area contributed by atoms with Crippen molar-refractivity contribution in [1.29, 1.82) is 0 Å². The highest BCUT2D eigenvalue weighted by molar-refractivity contribution is 5.74. The van der Waals surface area contributed by atoms with Crippen LogP contribution >= 0.6 is 0 Å². The molecule has 160 valence electrons. The molecule has 0 unspecified atom stereocenters. The highest BCUT2D eigenvalue weighted by Crippen LogP contribution is 2.26. The first-order chi connectivity index (χ1) is 14.7. The Labute approximate surface area is 178 Å². The van der Waals surface area contributed by atoms with Crippen LogP contribution in [0.4, 0.5) is 10.5 Å². The second-order valence-corrected chi connectivity index (χ2v) is 7.96. The second kappa shape index (κ2) is 9.74. The molecule has 1 saturated carbocycles. The van der Waals surface area contributed by atoms with Gasteiger partial charge in [-0.15, -0.1) is 0 Å². The van der Waals surface area contributed by atoms with E-state index < -0.39 is 0 Å². The first kappa shape index (κ1) is 20.4. The highest BCUT2D eigenvalue weighted by Gasteiger charge is 2.22. The summed E-state index contributed by atoms with van der Waals surface area (Å²) in [5, 5.41) is 3.08. The van der Waals surface area contributed by atoms with Crippen molar-refractivity contribution in [3.63, 3.8) is 0 Å². The quantitative estimate of drug-likeness (QED) is 0.782. The molecule has 0 spiro atoms. The van der Waals surface area contributed by atoms with Gasteiger partial charge in [-0.2, -0.15) is 0 Å². The van der Waals surface area contributed by atoms with Crippen molar-refractivity contribution in [2.75, 3.05) is 38.2 Å². The summed E-state index contributed by atoms with van der Waals surface area (Å²) < 4.78 is 11.4. The van der Waals surface area contributed by atoms with Crippen LogP contribution in [0.1, 0.15) is 31.2 Å². The molecule has 1 aliphatic carbocycles. The summed E-state index contributed by atoms with van der Waals surface area (Å²) in [5.41, 5.74) is 2.20. The van der Waals surface area contributed by atoms with Gasteiger partial charge >= 0.3 is 6.03 Å². The van der Waals surface area contributed by atoms with Crippen LogP contribution in [0.3, 0.4) is 0 Å². The molecule has 2 fully saturated rings. The van der Waals surface area contributed by atoms with Crippen molar-refractivity contribution in [3.8, 4) is 11.5 Å². The van der Waals surface area contributed by atoms with Crippen molar-refractivity contribution < 1.29 is 14.3 Å². The number of carbonyl (C=O) groups is 1. The van der Waals surface area contributed by atoms with E-state index in [0.717, 1.165) is 48.7 Å². The molecule has 6 nitrogen and oxygen atoms in total. The van der Waals surface area contributed by atoms with Crippen LogP contribution in [0, 0.1) is 0 Å². The average molecular weight is 410 g/mol. The van der Waals surface area contributed by atoms with E-state index in [1.807, 2.05) is 41.3 Å². The number of hydrogen-bond donors (Lipinski definition) is 1. The van der Waals surface area contributed by atoms with Crippen molar-refractivity contribution in [2.24, 2.45) is 0 Å². The molecule has 30 heavy (non-hydrogen) atoms. The SMILES string of the molecule is COc1ccc(N2CCN(C(=O)NCc3ccccc3OC3CCCC3)CC2)cc1. The molecule has 0 aromatic heterocycles. The van der Waals surface area contributed by atoms with Gasteiger partial charge in [0.05, 0.1) is 13.2 Å². The molecule has 1 N–H and O–H groups in total. The van der Waals surface area contributed by atoms with Crippen LogP contribution in [0.15, 0.2) is 48.5 Å². The van der Waals surface area contributed by atoms with E-state index >= 15 is 0 Å². The van der Waals surface area contributed by atoms with E-state index in [-0.39, 0.29) is 6.03 Å². The minimum Gasteiger partial charge on any atom is -0.497 e. The maximum atomic E-state index is 12.7. The predicted molar refractivity (Wildman–Crippen MR) is 118 cm³/mol. The van der Waals surface area contributed by atoms with Gasteiger partial charge in [-0.05, 0) is 56.0 Å². The molecule has 6 heteroatoms. The second-order valence-electron chi connectivity index (χ2n) is 7.96. The van der Waals surface area contributed by atoms with Crippen LogP contribution in [-0.2, 0) is 6.54 Å². The standard InChI is InChI=1S/C24H31N3O3/c1-29-21-12-10-20(11-13-21)26-14-16-27(17-15-26)24(28)25-18-19-6-2-5-9-23(19)30-22-7-3-4-8-22/h2,5-6,9-13,22H,3-4,7-8,14-18H2,1H3,(H,25,28). The number of ether oxygens (including phenoxy) is 2. The lowest BCUT2D eigenvalue weighted by Crippen LogP contribution is -2.51. The lowest BCUT2D eigenvalue weighted by molar-refractivity contribution is 0.192. The third kappa shape index (κ3) is 4.99. The smallest absolute Gasteiger partial charge is 0.317 e. The fourth-order valence-electron chi connectivity index (χ4n) is 4.19. The molecule has 2 aromatic rings. The fourth-order valence-corrected chi connectivity index (χ4v) is 4.19. The summed E-state index contributed by atoms with van der Waals surface area (Å²) in [5.74, 6) is 1.75. The molecule has 2 aromatic carbocycles. The number of anilines is 1. The van der Waals surface area contributed by atoms with Crippen LogP contribution in [-0.4, -0.2) is 50.3 Å². The molecular formula is C24H31N3O3. The van der Waals surface area contributed by atoms with Crippen LogP contribution in [0.25, 0.3) is 0 Å². The monoisotopic (exact) mass is 409 g/mol. The molecule has 2 aliphatic rings. The largest absolute Gasteiger partial charge is 0.497 e. The molecule has 0 atom stereocenters. The number of para-hydroxylation sites is 1. The molecule has 1 aliphatic heterocycles. The maximum absolute atomic E-state index is 12.7. The van der Waals surface area contributed by atoms with Gasteiger partial charge in [-0.25, -0.2) is 4.79 Å². The first-order valence-electron chi connectivity index (χ1n) is 10.9. The van der Waals surface area contributed by atoms with Crippen LogP contribution < -0.4 is 19.7 Å². The Morgan fingerprint density at radius 2 is 1.70 bits per heavy atom. The lowest BCUT2D eigenvalue weighted by atomic mass is 10.2. The number of carbonyl (C=O) groups excluding carboxylic acids is 1. The van der Waals surface area contributed by atoms with Gasteiger partial charge in [-0.1, -0.05) is 18.2 Å². The number of methoxy groups -OCH3 is 1. The van der Waals surface area contributed by atoms with Gasteiger partial charge in [0.15, 0.2) is 0 Å². The molecule has 2 amide bonds. The molecule has 1 saturated heterocycles. The molecule has 4 rings (SSSR count). The topological polar surface area (TPSA) is 54.0 Å². The molecule has 1 heterocycles. The Bertz CT molecular complexity index is 826. The van der Waals surface area contributed by atoms with E-state index in [4.69, 9.17) is 9.47 Å². The van der Waals surface area contributed by atoms with E-state index in [1.54, 1.807) is 7.11 Å². The van der Waals surface area contributed by atoms with Gasteiger partial charge in [0.2, 0.25) is 0 Å². The van der Waals surface area contributed by atoms with Crippen molar-refractivity contribution in [1.82, 2.24) is 10.2 Å². The zero-order chi connectivity index (χ0) is 20.8. The summed E-state index contributed by atoms with van der Waals surface area (Å²) in [6.07, 6.45) is 5.05. The van der Waals surface area contributed by atoms with Gasteiger partial charge < -0.3 is 24.6 Å².